The molecule has 1 amide bonds. The van der Waals surface area contributed by atoms with Crippen molar-refractivity contribution in [3.05, 3.63) is 29.8 Å². The summed E-state index contributed by atoms with van der Waals surface area (Å²) >= 11 is 0. The lowest BCUT2D eigenvalue weighted by molar-refractivity contribution is -0.128. The number of nitrogens with zero attached hydrogens (tertiary/aromatic N) is 1. The smallest absolute Gasteiger partial charge is 0.223 e. The minimum absolute atomic E-state index is 0.230. The van der Waals surface area contributed by atoms with Crippen LogP contribution in [0.2, 0.25) is 0 Å². The zero-order valence-corrected chi connectivity index (χ0v) is 11.8. The van der Waals surface area contributed by atoms with Crippen molar-refractivity contribution in [2.45, 2.75) is 13.3 Å². The van der Waals surface area contributed by atoms with E-state index < -0.39 is 0 Å². The lowest BCUT2D eigenvalue weighted by Crippen LogP contribution is -2.29. The first-order valence-corrected chi connectivity index (χ1v) is 6.88. The molecule has 1 heterocycles. The molecular formula is C16H20N2O2. The Balaban J connectivity index is 1.78. The largest absolute Gasteiger partial charge is 0.492 e. The van der Waals surface area contributed by atoms with Gasteiger partial charge in [0, 0.05) is 18.5 Å². The average molecular weight is 272 g/mol. The molecular weight excluding hydrogens is 252 g/mol. The van der Waals surface area contributed by atoms with Crippen LogP contribution in [-0.4, -0.2) is 37.0 Å². The number of hydrogen-bond acceptors (Lipinski definition) is 3. The van der Waals surface area contributed by atoms with Crippen molar-refractivity contribution in [3.8, 4) is 17.6 Å². The van der Waals surface area contributed by atoms with Gasteiger partial charge in [0.1, 0.15) is 12.4 Å². The van der Waals surface area contributed by atoms with Crippen LogP contribution >= 0.6 is 0 Å². The van der Waals surface area contributed by atoms with Crippen molar-refractivity contribution in [1.29, 1.82) is 0 Å². The second kappa shape index (κ2) is 6.97. The van der Waals surface area contributed by atoms with Gasteiger partial charge >= 0.3 is 0 Å². The number of carbonyl (C=O) groups is 1. The van der Waals surface area contributed by atoms with E-state index in [9.17, 15) is 4.79 Å². The number of carbonyl (C=O) groups excluding carboxylic acids is 1. The molecule has 0 aromatic heterocycles. The molecule has 4 heteroatoms. The van der Waals surface area contributed by atoms with Crippen LogP contribution in [0.3, 0.4) is 0 Å². The summed E-state index contributed by atoms with van der Waals surface area (Å²) in [5.74, 6) is 7.25. The fourth-order valence-corrected chi connectivity index (χ4v) is 2.25. The Morgan fingerprint density at radius 3 is 2.75 bits per heavy atom. The van der Waals surface area contributed by atoms with E-state index in [1.54, 1.807) is 0 Å². The van der Waals surface area contributed by atoms with Crippen molar-refractivity contribution >= 4 is 5.91 Å². The van der Waals surface area contributed by atoms with Gasteiger partial charge in [0.05, 0.1) is 13.1 Å². The number of likely N-dealkylation sites (tertiary alicyclic amines) is 1. The Hall–Kier alpha value is -1.99. The van der Waals surface area contributed by atoms with E-state index >= 15 is 0 Å². The van der Waals surface area contributed by atoms with Gasteiger partial charge < -0.3 is 15.4 Å². The summed E-state index contributed by atoms with van der Waals surface area (Å²) in [4.78, 5) is 13.5. The van der Waals surface area contributed by atoms with Crippen LogP contribution in [0.25, 0.3) is 0 Å². The van der Waals surface area contributed by atoms with Crippen molar-refractivity contribution in [2.24, 2.45) is 11.7 Å². The van der Waals surface area contributed by atoms with E-state index in [2.05, 4.69) is 18.8 Å². The van der Waals surface area contributed by atoms with Gasteiger partial charge in [-0.05, 0) is 30.2 Å². The third-order valence-corrected chi connectivity index (χ3v) is 3.23. The second-order valence-electron chi connectivity index (χ2n) is 5.03. The molecule has 1 atom stereocenters. The molecule has 0 saturated carbocycles. The minimum Gasteiger partial charge on any atom is -0.492 e. The molecule has 1 saturated heterocycles. The highest BCUT2D eigenvalue weighted by Crippen LogP contribution is 2.17. The molecule has 4 nitrogen and oxygen atoms in total. The molecule has 1 aliphatic heterocycles. The van der Waals surface area contributed by atoms with Gasteiger partial charge in [-0.15, -0.1) is 0 Å². The maximum atomic E-state index is 11.6. The number of rotatable bonds is 4. The van der Waals surface area contributed by atoms with E-state index in [1.165, 1.54) is 0 Å². The fraction of sp³-hybridized carbons (Fsp3) is 0.438. The van der Waals surface area contributed by atoms with Crippen LogP contribution in [-0.2, 0) is 4.79 Å². The zero-order chi connectivity index (χ0) is 14.4. The number of amides is 1. The van der Waals surface area contributed by atoms with Crippen LogP contribution in [0.1, 0.15) is 18.9 Å². The highest BCUT2D eigenvalue weighted by Gasteiger charge is 2.25. The van der Waals surface area contributed by atoms with E-state index in [1.807, 2.05) is 29.2 Å². The Bertz CT molecular complexity index is 514. The van der Waals surface area contributed by atoms with Crippen LogP contribution < -0.4 is 10.5 Å². The number of hydrogen-bond donors (Lipinski definition) is 1. The molecule has 1 fully saturated rings. The van der Waals surface area contributed by atoms with Crippen molar-refractivity contribution < 1.29 is 9.53 Å². The normalized spacial score (nSPS) is 17.8. The SMILES string of the molecule is CC1CC(=O)N(CCOc2ccc(C#CCN)cc2)C1. The van der Waals surface area contributed by atoms with Gasteiger partial charge in [0.25, 0.3) is 0 Å². The second-order valence-corrected chi connectivity index (χ2v) is 5.03. The van der Waals surface area contributed by atoms with E-state index in [0.29, 0.717) is 32.0 Å². The Kier molecular flexibility index (Phi) is 5.03. The quantitative estimate of drug-likeness (QED) is 0.839. The third kappa shape index (κ3) is 4.01. The van der Waals surface area contributed by atoms with Gasteiger partial charge in [0.15, 0.2) is 0 Å². The molecule has 106 valence electrons. The molecule has 2 rings (SSSR count). The zero-order valence-electron chi connectivity index (χ0n) is 11.8. The molecule has 20 heavy (non-hydrogen) atoms. The Morgan fingerprint density at radius 1 is 1.40 bits per heavy atom. The highest BCUT2D eigenvalue weighted by molar-refractivity contribution is 5.78. The topological polar surface area (TPSA) is 55.6 Å². The molecule has 0 radical (unpaired) electrons. The lowest BCUT2D eigenvalue weighted by atomic mass is 10.2. The van der Waals surface area contributed by atoms with Crippen LogP contribution in [0.15, 0.2) is 24.3 Å². The standard InChI is InChI=1S/C16H20N2O2/c1-13-11-16(19)18(12-13)9-10-20-15-6-4-14(5-7-15)3-2-8-17/h4-7,13H,8-12,17H2,1H3. The van der Waals surface area contributed by atoms with E-state index in [-0.39, 0.29) is 5.91 Å². The molecule has 1 unspecified atom stereocenters. The predicted molar refractivity (Wildman–Crippen MR) is 78.2 cm³/mol. The Labute approximate surface area is 119 Å². The molecule has 0 spiro atoms. The molecule has 2 N–H and O–H groups in total. The monoisotopic (exact) mass is 272 g/mol. The number of ether oxygens (including phenoxy) is 1. The number of nitrogens with two attached hydrogens (primary N) is 1. The summed E-state index contributed by atoms with van der Waals surface area (Å²) in [6.07, 6.45) is 0.661. The maximum absolute atomic E-state index is 11.6. The van der Waals surface area contributed by atoms with Gasteiger partial charge in [-0.1, -0.05) is 18.8 Å². The summed E-state index contributed by atoms with van der Waals surface area (Å²) in [5.41, 5.74) is 6.24. The average Bonchev–Trinajstić information content (AvgIpc) is 2.76. The summed E-state index contributed by atoms with van der Waals surface area (Å²) in [7, 11) is 0. The first kappa shape index (κ1) is 14.4. The van der Waals surface area contributed by atoms with Gasteiger partial charge in [-0.3, -0.25) is 4.79 Å². The molecule has 1 aliphatic rings. The minimum atomic E-state index is 0.230. The fourth-order valence-electron chi connectivity index (χ4n) is 2.25. The summed E-state index contributed by atoms with van der Waals surface area (Å²) < 4.78 is 5.64. The van der Waals surface area contributed by atoms with Gasteiger partial charge in [-0.2, -0.15) is 0 Å². The van der Waals surface area contributed by atoms with Crippen LogP contribution in [0.5, 0.6) is 5.75 Å². The molecule has 1 aromatic rings. The van der Waals surface area contributed by atoms with Gasteiger partial charge in [0.2, 0.25) is 5.91 Å². The van der Waals surface area contributed by atoms with Crippen LogP contribution in [0.4, 0.5) is 0 Å². The summed E-state index contributed by atoms with van der Waals surface area (Å²) in [5, 5.41) is 0. The summed E-state index contributed by atoms with van der Waals surface area (Å²) in [6, 6.07) is 7.58. The summed E-state index contributed by atoms with van der Waals surface area (Å²) in [6.45, 7) is 4.47. The number of benzene rings is 1. The molecule has 0 bridgehead atoms. The van der Waals surface area contributed by atoms with E-state index in [0.717, 1.165) is 17.9 Å². The van der Waals surface area contributed by atoms with Crippen LogP contribution in [0, 0.1) is 17.8 Å². The van der Waals surface area contributed by atoms with Crippen molar-refractivity contribution in [2.75, 3.05) is 26.2 Å². The van der Waals surface area contributed by atoms with E-state index in [4.69, 9.17) is 10.5 Å². The molecule has 1 aromatic carbocycles. The highest BCUT2D eigenvalue weighted by atomic mass is 16.5. The maximum Gasteiger partial charge on any atom is 0.223 e. The van der Waals surface area contributed by atoms with Gasteiger partial charge in [-0.25, -0.2) is 0 Å². The first-order valence-electron chi connectivity index (χ1n) is 6.88. The third-order valence-electron chi connectivity index (χ3n) is 3.23. The lowest BCUT2D eigenvalue weighted by Gasteiger charge is -2.16. The first-order chi connectivity index (χ1) is 9.69. The van der Waals surface area contributed by atoms with Crippen molar-refractivity contribution in [1.82, 2.24) is 4.90 Å². The predicted octanol–water partition coefficient (Wildman–Crippen LogP) is 1.24. The van der Waals surface area contributed by atoms with Crippen molar-refractivity contribution in [3.63, 3.8) is 0 Å². The molecule has 0 aliphatic carbocycles. The Morgan fingerprint density at radius 2 is 2.15 bits per heavy atom.